The van der Waals surface area contributed by atoms with Crippen LogP contribution in [0, 0.1) is 0 Å². The summed E-state index contributed by atoms with van der Waals surface area (Å²) in [4.78, 5) is 31.6. The first-order chi connectivity index (χ1) is 12.7. The summed E-state index contributed by atoms with van der Waals surface area (Å²) in [6, 6.07) is 14.4. The van der Waals surface area contributed by atoms with E-state index in [1.807, 2.05) is 52.9 Å². The number of rotatable bonds is 4. The molecule has 6 heteroatoms. The van der Waals surface area contributed by atoms with Gasteiger partial charge >= 0.3 is 0 Å². The summed E-state index contributed by atoms with van der Waals surface area (Å²) in [7, 11) is 0. The minimum absolute atomic E-state index is 0.0288. The molecule has 0 unspecified atom stereocenters. The number of amides is 2. The van der Waals surface area contributed by atoms with E-state index in [0.29, 0.717) is 18.8 Å². The van der Waals surface area contributed by atoms with E-state index < -0.39 is 6.04 Å². The van der Waals surface area contributed by atoms with Gasteiger partial charge in [0.25, 0.3) is 5.91 Å². The molecule has 4 rings (SSSR count). The number of carbonyl (C=O) groups excluding carboxylic acids is 2. The molecule has 6 nitrogen and oxygen atoms in total. The maximum Gasteiger partial charge on any atom is 0.252 e. The zero-order chi connectivity index (χ0) is 17.9. The van der Waals surface area contributed by atoms with E-state index in [0.717, 1.165) is 24.1 Å². The highest BCUT2D eigenvalue weighted by Crippen LogP contribution is 2.27. The smallest absolute Gasteiger partial charge is 0.252 e. The molecule has 1 atom stereocenters. The lowest BCUT2D eigenvalue weighted by atomic mass is 10.0. The molecule has 26 heavy (non-hydrogen) atoms. The number of hydrogen-bond acceptors (Lipinski definition) is 3. The number of nitrogens with zero attached hydrogens (tertiary/aromatic N) is 3. The lowest BCUT2D eigenvalue weighted by Gasteiger charge is -2.34. The zero-order valence-corrected chi connectivity index (χ0v) is 14.3. The number of nitrogens with one attached hydrogen (secondary N) is 1. The third-order valence-corrected chi connectivity index (χ3v) is 4.71. The standard InChI is InChI=1S/C20H20N4O2/c25-18-11-4-5-13-24(18)19(15-7-2-1-3-8-15)20(26)22-17-10-6-9-16-21-12-14-23(16)17/h1-3,6-10,12,14,19H,4-5,11,13H2,(H,22,26)/t19-/m0/s1. The number of piperidine rings is 1. The van der Waals surface area contributed by atoms with Crippen LogP contribution >= 0.6 is 0 Å². The van der Waals surface area contributed by atoms with Crippen molar-refractivity contribution in [1.82, 2.24) is 14.3 Å². The third kappa shape index (κ3) is 3.06. The second-order valence-corrected chi connectivity index (χ2v) is 6.41. The third-order valence-electron chi connectivity index (χ3n) is 4.71. The highest BCUT2D eigenvalue weighted by Gasteiger charge is 2.32. The number of benzene rings is 1. The van der Waals surface area contributed by atoms with Gasteiger partial charge in [-0.3, -0.25) is 14.0 Å². The molecule has 3 aromatic rings. The Balaban J connectivity index is 1.68. The normalized spacial score (nSPS) is 15.8. The van der Waals surface area contributed by atoms with Crippen LogP contribution in [0.15, 0.2) is 60.9 Å². The van der Waals surface area contributed by atoms with E-state index in [9.17, 15) is 9.59 Å². The van der Waals surface area contributed by atoms with Crippen molar-refractivity contribution < 1.29 is 9.59 Å². The summed E-state index contributed by atoms with van der Waals surface area (Å²) in [5.41, 5.74) is 1.58. The van der Waals surface area contributed by atoms with Gasteiger partial charge in [0.05, 0.1) is 0 Å². The minimum atomic E-state index is -0.636. The predicted octanol–water partition coefficient (Wildman–Crippen LogP) is 3.03. The van der Waals surface area contributed by atoms with E-state index in [-0.39, 0.29) is 11.8 Å². The SMILES string of the molecule is O=C(Nc1cccc2nccn12)[C@H](c1ccccc1)N1CCCCC1=O. The number of hydrogen-bond donors (Lipinski definition) is 1. The first-order valence-corrected chi connectivity index (χ1v) is 8.81. The first-order valence-electron chi connectivity index (χ1n) is 8.81. The summed E-state index contributed by atoms with van der Waals surface area (Å²) in [5.74, 6) is 0.448. The van der Waals surface area contributed by atoms with Gasteiger partial charge in [0.15, 0.2) is 0 Å². The van der Waals surface area contributed by atoms with Crippen molar-refractivity contribution in [3.63, 3.8) is 0 Å². The van der Waals surface area contributed by atoms with Crippen molar-refractivity contribution in [2.24, 2.45) is 0 Å². The maximum absolute atomic E-state index is 13.2. The first kappa shape index (κ1) is 16.3. The molecule has 2 aromatic heterocycles. The fraction of sp³-hybridized carbons (Fsp3) is 0.250. The zero-order valence-electron chi connectivity index (χ0n) is 14.3. The maximum atomic E-state index is 13.2. The fourth-order valence-electron chi connectivity index (χ4n) is 3.45. The minimum Gasteiger partial charge on any atom is -0.327 e. The van der Waals surface area contributed by atoms with Crippen LogP contribution in [-0.2, 0) is 9.59 Å². The molecule has 0 bridgehead atoms. The topological polar surface area (TPSA) is 66.7 Å². The Bertz CT molecular complexity index is 935. The lowest BCUT2D eigenvalue weighted by molar-refractivity contribution is -0.141. The van der Waals surface area contributed by atoms with Crippen LogP contribution in [-0.4, -0.2) is 32.6 Å². The molecule has 0 aliphatic carbocycles. The largest absolute Gasteiger partial charge is 0.327 e. The molecule has 1 aliphatic heterocycles. The molecule has 132 valence electrons. The van der Waals surface area contributed by atoms with Gasteiger partial charge < -0.3 is 10.2 Å². The van der Waals surface area contributed by atoms with E-state index in [1.54, 1.807) is 17.3 Å². The van der Waals surface area contributed by atoms with Crippen molar-refractivity contribution in [1.29, 1.82) is 0 Å². The molecule has 0 spiro atoms. The molecule has 1 saturated heterocycles. The number of anilines is 1. The Morgan fingerprint density at radius 1 is 1.08 bits per heavy atom. The van der Waals surface area contributed by atoms with Crippen molar-refractivity contribution >= 4 is 23.3 Å². The second kappa shape index (κ2) is 7.00. The van der Waals surface area contributed by atoms with Crippen LogP contribution in [0.25, 0.3) is 5.65 Å². The molecule has 1 N–H and O–H groups in total. The van der Waals surface area contributed by atoms with Gasteiger partial charge in [-0.1, -0.05) is 36.4 Å². The average molecular weight is 348 g/mol. The highest BCUT2D eigenvalue weighted by atomic mass is 16.2. The quantitative estimate of drug-likeness (QED) is 0.788. The average Bonchev–Trinajstić information content (AvgIpc) is 3.14. The summed E-state index contributed by atoms with van der Waals surface area (Å²) in [5, 5.41) is 2.98. The van der Waals surface area contributed by atoms with Gasteiger partial charge in [-0.15, -0.1) is 0 Å². The summed E-state index contributed by atoms with van der Waals surface area (Å²) in [6.07, 6.45) is 5.78. The molecule has 3 heterocycles. The molecule has 1 fully saturated rings. The molecular weight excluding hydrogens is 328 g/mol. The van der Waals surface area contributed by atoms with E-state index >= 15 is 0 Å². The van der Waals surface area contributed by atoms with E-state index in [1.165, 1.54) is 0 Å². The Morgan fingerprint density at radius 3 is 2.73 bits per heavy atom. The molecule has 2 amide bonds. The highest BCUT2D eigenvalue weighted by molar-refractivity contribution is 5.97. The van der Waals surface area contributed by atoms with Crippen LogP contribution < -0.4 is 5.32 Å². The van der Waals surface area contributed by atoms with Crippen LogP contribution in [0.1, 0.15) is 30.9 Å². The Kier molecular flexibility index (Phi) is 4.39. The lowest BCUT2D eigenvalue weighted by Crippen LogP contribution is -2.43. The van der Waals surface area contributed by atoms with Crippen molar-refractivity contribution in [3.05, 3.63) is 66.5 Å². The molecule has 1 aromatic carbocycles. The fourth-order valence-corrected chi connectivity index (χ4v) is 3.45. The number of imidazole rings is 1. The van der Waals surface area contributed by atoms with E-state index in [4.69, 9.17) is 0 Å². The molecule has 0 saturated carbocycles. The van der Waals surface area contributed by atoms with Gasteiger partial charge in [0, 0.05) is 25.4 Å². The summed E-state index contributed by atoms with van der Waals surface area (Å²) in [6.45, 7) is 0.598. The van der Waals surface area contributed by atoms with Gasteiger partial charge in [0.2, 0.25) is 5.91 Å². The number of fused-ring (bicyclic) bond motifs is 1. The van der Waals surface area contributed by atoms with Gasteiger partial charge in [0.1, 0.15) is 17.5 Å². The van der Waals surface area contributed by atoms with E-state index in [2.05, 4.69) is 10.3 Å². The molecular formula is C20H20N4O2. The van der Waals surface area contributed by atoms with Gasteiger partial charge in [-0.25, -0.2) is 4.98 Å². The molecule has 0 radical (unpaired) electrons. The molecule has 1 aliphatic rings. The van der Waals surface area contributed by atoms with Crippen molar-refractivity contribution in [2.45, 2.75) is 25.3 Å². The summed E-state index contributed by atoms with van der Waals surface area (Å²) < 4.78 is 1.82. The number of aromatic nitrogens is 2. The van der Waals surface area contributed by atoms with Crippen molar-refractivity contribution in [3.8, 4) is 0 Å². The summed E-state index contributed by atoms with van der Waals surface area (Å²) >= 11 is 0. The van der Waals surface area contributed by atoms with Crippen molar-refractivity contribution in [2.75, 3.05) is 11.9 Å². The Hall–Kier alpha value is -3.15. The van der Waals surface area contributed by atoms with Gasteiger partial charge in [-0.2, -0.15) is 0 Å². The van der Waals surface area contributed by atoms with Crippen LogP contribution in [0.2, 0.25) is 0 Å². The van der Waals surface area contributed by atoms with Crippen LogP contribution in [0.4, 0.5) is 5.82 Å². The number of carbonyl (C=O) groups is 2. The van der Waals surface area contributed by atoms with Crippen LogP contribution in [0.5, 0.6) is 0 Å². The second-order valence-electron chi connectivity index (χ2n) is 6.41. The van der Waals surface area contributed by atoms with Crippen LogP contribution in [0.3, 0.4) is 0 Å². The number of likely N-dealkylation sites (tertiary alicyclic amines) is 1. The number of pyridine rings is 1. The monoisotopic (exact) mass is 348 g/mol. The Labute approximate surface area is 151 Å². The Morgan fingerprint density at radius 2 is 1.92 bits per heavy atom. The van der Waals surface area contributed by atoms with Gasteiger partial charge in [-0.05, 0) is 30.5 Å². The predicted molar refractivity (Wildman–Crippen MR) is 98.6 cm³/mol.